The number of benzene rings is 2. The lowest BCUT2D eigenvalue weighted by atomic mass is 9.99. The van der Waals surface area contributed by atoms with E-state index in [0.717, 1.165) is 41.1 Å². The van der Waals surface area contributed by atoms with Crippen LogP contribution in [0.5, 0.6) is 11.5 Å². The molecule has 0 atom stereocenters. The Hall–Kier alpha value is -4.97. The molecule has 226 valence electrons. The largest absolute Gasteiger partial charge is 0.508 e. The van der Waals surface area contributed by atoms with Crippen LogP contribution in [0.25, 0.3) is 11.3 Å². The predicted molar refractivity (Wildman–Crippen MR) is 160 cm³/mol. The lowest BCUT2D eigenvalue weighted by Crippen LogP contribution is -2.55. The van der Waals surface area contributed by atoms with Gasteiger partial charge in [0.1, 0.15) is 17.1 Å². The number of nitrogens with one attached hydrogen (secondary N) is 1. The number of carbonyl (C=O) groups is 2. The summed E-state index contributed by atoms with van der Waals surface area (Å²) in [5.74, 6) is -1.08. The molecule has 1 fully saturated rings. The van der Waals surface area contributed by atoms with E-state index in [2.05, 4.69) is 45.5 Å². The molecule has 12 nitrogen and oxygen atoms in total. The van der Waals surface area contributed by atoms with Crippen molar-refractivity contribution < 1.29 is 29.6 Å². The number of amides is 1. The predicted octanol–water partition coefficient (Wildman–Crippen LogP) is 4.29. The number of rotatable bonds is 9. The second-order valence-corrected chi connectivity index (χ2v) is 10.5. The number of ether oxygens (including phenoxy) is 1. The SMILES string of the molecule is Cc1cc(-c2ccnc(Nc3cnn(C)c3)n2)ccc1CCC(=O)N1CC(OC(C)C)C1.O=C(O)c1cc(O)ccc1O. The number of aromatic hydroxyl groups is 2. The molecule has 2 aromatic carbocycles. The van der Waals surface area contributed by atoms with Crippen LogP contribution in [-0.2, 0) is 23.0 Å². The van der Waals surface area contributed by atoms with Crippen LogP contribution in [0.4, 0.5) is 11.6 Å². The molecule has 0 bridgehead atoms. The minimum atomic E-state index is -1.27. The van der Waals surface area contributed by atoms with Crippen LogP contribution in [0.2, 0.25) is 0 Å². The van der Waals surface area contributed by atoms with Crippen LogP contribution >= 0.6 is 0 Å². The maximum Gasteiger partial charge on any atom is 0.339 e. The third kappa shape index (κ3) is 8.52. The van der Waals surface area contributed by atoms with Gasteiger partial charge in [0.2, 0.25) is 11.9 Å². The highest BCUT2D eigenvalue weighted by Crippen LogP contribution is 2.24. The van der Waals surface area contributed by atoms with Gasteiger partial charge in [0.15, 0.2) is 0 Å². The Morgan fingerprint density at radius 1 is 1.12 bits per heavy atom. The van der Waals surface area contributed by atoms with Gasteiger partial charge >= 0.3 is 5.97 Å². The van der Waals surface area contributed by atoms with E-state index in [-0.39, 0.29) is 35.2 Å². The minimum absolute atomic E-state index is 0.180. The second kappa shape index (κ2) is 13.8. The first-order chi connectivity index (χ1) is 20.5. The van der Waals surface area contributed by atoms with Crippen LogP contribution in [0.15, 0.2) is 61.1 Å². The number of aromatic carboxylic acids is 1. The maximum absolute atomic E-state index is 12.5. The molecule has 43 heavy (non-hydrogen) atoms. The number of aromatic nitrogens is 4. The lowest BCUT2D eigenvalue weighted by molar-refractivity contribution is -0.148. The van der Waals surface area contributed by atoms with Crippen molar-refractivity contribution in [2.75, 3.05) is 18.4 Å². The molecule has 0 spiro atoms. The molecule has 4 N–H and O–H groups in total. The van der Waals surface area contributed by atoms with Crippen LogP contribution in [-0.4, -0.2) is 77.1 Å². The number of carbonyl (C=O) groups excluding carboxylic acids is 1. The average Bonchev–Trinajstić information content (AvgIpc) is 3.35. The number of phenols is 2. The number of aryl methyl sites for hydroxylation is 3. The fourth-order valence-corrected chi connectivity index (χ4v) is 4.54. The molecule has 0 aliphatic carbocycles. The van der Waals surface area contributed by atoms with Crippen LogP contribution in [0.3, 0.4) is 0 Å². The molecule has 1 aliphatic rings. The van der Waals surface area contributed by atoms with E-state index in [9.17, 15) is 9.59 Å². The fourth-order valence-electron chi connectivity index (χ4n) is 4.54. The number of hydrogen-bond donors (Lipinski definition) is 4. The molecule has 12 heteroatoms. The molecule has 2 aromatic heterocycles. The van der Waals surface area contributed by atoms with Gasteiger partial charge in [-0.25, -0.2) is 14.8 Å². The monoisotopic (exact) mass is 588 g/mol. The lowest BCUT2D eigenvalue weighted by Gasteiger charge is -2.40. The van der Waals surface area contributed by atoms with Gasteiger partial charge in [-0.05, 0) is 68.7 Å². The molecular formula is C31H36N6O6. The van der Waals surface area contributed by atoms with Crippen molar-refractivity contribution in [1.29, 1.82) is 0 Å². The number of carboxylic acid groups (broad SMARTS) is 1. The molecule has 4 aromatic rings. The van der Waals surface area contributed by atoms with E-state index >= 15 is 0 Å². The Labute approximate surface area is 249 Å². The van der Waals surface area contributed by atoms with Crippen molar-refractivity contribution in [3.63, 3.8) is 0 Å². The van der Waals surface area contributed by atoms with Crippen molar-refractivity contribution in [2.45, 2.75) is 45.8 Å². The van der Waals surface area contributed by atoms with Crippen LogP contribution < -0.4 is 5.32 Å². The second-order valence-electron chi connectivity index (χ2n) is 10.5. The molecule has 3 heterocycles. The first-order valence-corrected chi connectivity index (χ1v) is 13.9. The summed E-state index contributed by atoms with van der Waals surface area (Å²) in [6.07, 6.45) is 6.98. The van der Waals surface area contributed by atoms with E-state index in [4.69, 9.17) is 20.1 Å². The molecule has 0 saturated carbocycles. The Morgan fingerprint density at radius 2 is 1.88 bits per heavy atom. The van der Waals surface area contributed by atoms with E-state index < -0.39 is 5.97 Å². The molecule has 0 radical (unpaired) electrons. The van der Waals surface area contributed by atoms with Gasteiger partial charge in [-0.1, -0.05) is 12.1 Å². The quantitative estimate of drug-likeness (QED) is 0.207. The van der Waals surface area contributed by atoms with Gasteiger partial charge < -0.3 is 30.3 Å². The molecule has 1 aliphatic heterocycles. The average molecular weight is 589 g/mol. The first kappa shape index (κ1) is 31.0. The van der Waals surface area contributed by atoms with Gasteiger partial charge in [0, 0.05) is 44.5 Å². The smallest absolute Gasteiger partial charge is 0.339 e. The summed E-state index contributed by atoms with van der Waals surface area (Å²) < 4.78 is 7.45. The normalized spacial score (nSPS) is 12.8. The van der Waals surface area contributed by atoms with E-state index in [1.165, 1.54) is 11.6 Å². The third-order valence-electron chi connectivity index (χ3n) is 6.74. The van der Waals surface area contributed by atoms with Crippen molar-refractivity contribution in [1.82, 2.24) is 24.6 Å². The Kier molecular flexibility index (Phi) is 9.94. The van der Waals surface area contributed by atoms with Gasteiger partial charge in [0.25, 0.3) is 0 Å². The van der Waals surface area contributed by atoms with Crippen molar-refractivity contribution in [3.8, 4) is 22.8 Å². The van der Waals surface area contributed by atoms with Crippen LogP contribution in [0.1, 0.15) is 41.8 Å². The molecular weight excluding hydrogens is 552 g/mol. The summed E-state index contributed by atoms with van der Waals surface area (Å²) >= 11 is 0. The van der Waals surface area contributed by atoms with E-state index in [1.54, 1.807) is 17.1 Å². The third-order valence-corrected chi connectivity index (χ3v) is 6.74. The number of likely N-dealkylation sites (tertiary alicyclic amines) is 1. The summed E-state index contributed by atoms with van der Waals surface area (Å²) in [4.78, 5) is 33.6. The summed E-state index contributed by atoms with van der Waals surface area (Å²) in [5.41, 5.74) is 4.73. The number of anilines is 2. The summed E-state index contributed by atoms with van der Waals surface area (Å²) in [6.45, 7) is 7.54. The van der Waals surface area contributed by atoms with Gasteiger partial charge in [0.05, 0.1) is 29.8 Å². The maximum atomic E-state index is 12.5. The van der Waals surface area contributed by atoms with Crippen LogP contribution in [0, 0.1) is 6.92 Å². The number of hydrogen-bond acceptors (Lipinski definition) is 9. The van der Waals surface area contributed by atoms with Gasteiger partial charge in [-0.3, -0.25) is 9.48 Å². The summed E-state index contributed by atoms with van der Waals surface area (Å²) in [7, 11) is 1.86. The summed E-state index contributed by atoms with van der Waals surface area (Å²) in [6, 6.07) is 11.5. The highest BCUT2D eigenvalue weighted by molar-refractivity contribution is 5.91. The first-order valence-electron chi connectivity index (χ1n) is 13.9. The van der Waals surface area contributed by atoms with Gasteiger partial charge in [-0.2, -0.15) is 5.10 Å². The van der Waals surface area contributed by atoms with Crippen molar-refractivity contribution in [3.05, 3.63) is 77.7 Å². The summed E-state index contributed by atoms with van der Waals surface area (Å²) in [5, 5.41) is 33.5. The Morgan fingerprint density at radius 3 is 2.51 bits per heavy atom. The molecule has 5 rings (SSSR count). The Balaban J connectivity index is 0.000000324. The van der Waals surface area contributed by atoms with E-state index in [1.807, 2.05) is 38.1 Å². The molecule has 1 amide bonds. The molecule has 0 unspecified atom stereocenters. The highest BCUT2D eigenvalue weighted by Gasteiger charge is 2.31. The number of nitrogens with zero attached hydrogens (tertiary/aromatic N) is 5. The standard InChI is InChI=1S/C24H30N6O2.C7H6O4/c1-16(2)32-21-14-30(15-21)23(31)8-7-18-5-6-19(11-17(18)3)22-9-10-25-24(28-22)27-20-12-26-29(4)13-20;8-4-1-2-6(9)5(3-4)7(10)11/h5-6,9-13,16,21H,7-8,14-15H2,1-4H3,(H,25,27,28);1-3,8-9H,(H,10,11). The van der Waals surface area contributed by atoms with Gasteiger partial charge in [-0.15, -0.1) is 0 Å². The van der Waals surface area contributed by atoms with Crippen molar-refractivity contribution in [2.24, 2.45) is 7.05 Å². The highest BCUT2D eigenvalue weighted by atomic mass is 16.5. The zero-order valence-electron chi connectivity index (χ0n) is 24.6. The minimum Gasteiger partial charge on any atom is -0.508 e. The molecule has 1 saturated heterocycles. The van der Waals surface area contributed by atoms with E-state index in [0.29, 0.717) is 25.5 Å². The zero-order chi connectivity index (χ0) is 31.1. The number of phenolic OH excluding ortho intramolecular Hbond substituents is 1. The zero-order valence-corrected chi connectivity index (χ0v) is 24.6. The van der Waals surface area contributed by atoms with Crippen molar-refractivity contribution >= 4 is 23.5 Å². The number of carboxylic acids is 1. The fraction of sp³-hybridized carbons (Fsp3) is 0.323. The Bertz CT molecular complexity index is 1580. The topological polar surface area (TPSA) is 163 Å².